The number of esters is 1. The van der Waals surface area contributed by atoms with Gasteiger partial charge in [0.25, 0.3) is 5.56 Å². The molecule has 0 spiro atoms. The van der Waals surface area contributed by atoms with Crippen LogP contribution in [0.1, 0.15) is 39.3 Å². The largest absolute Gasteiger partial charge is 0.465 e. The summed E-state index contributed by atoms with van der Waals surface area (Å²) in [7, 11) is 0. The first-order chi connectivity index (χ1) is 9.93. The van der Waals surface area contributed by atoms with Crippen molar-refractivity contribution in [2.24, 2.45) is 0 Å². The summed E-state index contributed by atoms with van der Waals surface area (Å²) in [5, 5.41) is 8.19. The van der Waals surface area contributed by atoms with Crippen molar-refractivity contribution in [3.63, 3.8) is 0 Å². The van der Waals surface area contributed by atoms with Crippen molar-refractivity contribution in [1.82, 2.24) is 19.6 Å². The molecule has 2 aromatic rings. The Hall–Kier alpha value is -1.83. The van der Waals surface area contributed by atoms with Gasteiger partial charge in [-0.15, -0.1) is 10.2 Å². The number of nitrogens with one attached hydrogen (secondary N) is 1. The molecular formula is C13H18N4O3S. The van der Waals surface area contributed by atoms with Crippen LogP contribution in [0, 0.1) is 0 Å². The van der Waals surface area contributed by atoms with E-state index >= 15 is 0 Å². The van der Waals surface area contributed by atoms with Crippen molar-refractivity contribution >= 4 is 23.5 Å². The number of aromatic nitrogens is 4. The SMILES string of the molecule is CCOC(=O)C(C)Sc1nnc2[nH]c(=O)cc(C(C)C)n12. The molecule has 7 nitrogen and oxygen atoms in total. The van der Waals surface area contributed by atoms with Gasteiger partial charge in [-0.1, -0.05) is 25.6 Å². The highest BCUT2D eigenvalue weighted by Gasteiger charge is 2.21. The van der Waals surface area contributed by atoms with Crippen molar-refractivity contribution in [2.45, 2.75) is 44.0 Å². The maximum absolute atomic E-state index is 11.7. The van der Waals surface area contributed by atoms with Gasteiger partial charge in [-0.25, -0.2) is 0 Å². The van der Waals surface area contributed by atoms with Crippen LogP contribution < -0.4 is 5.56 Å². The van der Waals surface area contributed by atoms with Crippen LogP contribution in [0.5, 0.6) is 0 Å². The number of rotatable bonds is 5. The molecule has 2 heterocycles. The first-order valence-corrected chi connectivity index (χ1v) is 7.63. The quantitative estimate of drug-likeness (QED) is 0.666. The summed E-state index contributed by atoms with van der Waals surface area (Å²) in [4.78, 5) is 26.0. The van der Waals surface area contributed by atoms with Crippen LogP contribution in [-0.4, -0.2) is 37.4 Å². The molecule has 0 aliphatic heterocycles. The summed E-state index contributed by atoms with van der Waals surface area (Å²) >= 11 is 1.26. The van der Waals surface area contributed by atoms with Gasteiger partial charge in [0.05, 0.1) is 6.61 Å². The monoisotopic (exact) mass is 310 g/mol. The maximum Gasteiger partial charge on any atom is 0.319 e. The zero-order valence-corrected chi connectivity index (χ0v) is 13.2. The molecule has 21 heavy (non-hydrogen) atoms. The van der Waals surface area contributed by atoms with E-state index in [2.05, 4.69) is 15.2 Å². The van der Waals surface area contributed by atoms with Gasteiger partial charge in [-0.2, -0.15) is 0 Å². The molecule has 0 aliphatic carbocycles. The minimum Gasteiger partial charge on any atom is -0.465 e. The molecule has 0 fully saturated rings. The van der Waals surface area contributed by atoms with E-state index < -0.39 is 5.25 Å². The standard InChI is InChI=1S/C13H18N4O3S/c1-5-20-11(19)8(4)21-13-16-15-12-14-10(18)6-9(7(2)3)17(12)13/h6-8H,5H2,1-4H3,(H,14,15,18). The molecular weight excluding hydrogens is 292 g/mol. The van der Waals surface area contributed by atoms with Crippen molar-refractivity contribution < 1.29 is 9.53 Å². The first kappa shape index (κ1) is 15.6. The molecule has 0 bridgehead atoms. The van der Waals surface area contributed by atoms with Gasteiger partial charge < -0.3 is 4.74 Å². The number of aromatic amines is 1. The topological polar surface area (TPSA) is 89.3 Å². The summed E-state index contributed by atoms with van der Waals surface area (Å²) < 4.78 is 6.76. The second kappa shape index (κ2) is 6.30. The Morgan fingerprint density at radius 3 is 2.76 bits per heavy atom. The average molecular weight is 310 g/mol. The molecule has 0 amide bonds. The number of ether oxygens (including phenoxy) is 1. The normalized spacial score (nSPS) is 12.8. The van der Waals surface area contributed by atoms with Crippen LogP contribution in [0.3, 0.4) is 0 Å². The van der Waals surface area contributed by atoms with E-state index in [1.807, 2.05) is 13.8 Å². The van der Waals surface area contributed by atoms with Gasteiger partial charge in [0.1, 0.15) is 5.25 Å². The van der Waals surface area contributed by atoms with E-state index in [4.69, 9.17) is 4.74 Å². The number of carbonyl (C=O) groups is 1. The lowest BCUT2D eigenvalue weighted by Gasteiger charge is -2.12. The fourth-order valence-corrected chi connectivity index (χ4v) is 2.76. The lowest BCUT2D eigenvalue weighted by atomic mass is 10.1. The number of hydrogen-bond donors (Lipinski definition) is 1. The molecule has 0 radical (unpaired) electrons. The van der Waals surface area contributed by atoms with E-state index in [1.165, 1.54) is 17.8 Å². The van der Waals surface area contributed by atoms with Crippen molar-refractivity contribution in [2.75, 3.05) is 6.61 Å². The van der Waals surface area contributed by atoms with E-state index in [0.717, 1.165) is 5.69 Å². The van der Waals surface area contributed by atoms with Crippen LogP contribution in [0.2, 0.25) is 0 Å². The first-order valence-electron chi connectivity index (χ1n) is 6.75. The van der Waals surface area contributed by atoms with E-state index in [0.29, 0.717) is 17.5 Å². The molecule has 1 N–H and O–H groups in total. The smallest absolute Gasteiger partial charge is 0.319 e. The fourth-order valence-electron chi connectivity index (χ4n) is 1.90. The summed E-state index contributed by atoms with van der Waals surface area (Å²) in [5.41, 5.74) is 0.589. The minimum absolute atomic E-state index is 0.128. The number of thioether (sulfide) groups is 1. The molecule has 2 aromatic heterocycles. The fraction of sp³-hybridized carbons (Fsp3) is 0.538. The summed E-state index contributed by atoms with van der Waals surface area (Å²) in [6.07, 6.45) is 0. The highest BCUT2D eigenvalue weighted by molar-refractivity contribution is 8.00. The highest BCUT2D eigenvalue weighted by Crippen LogP contribution is 2.25. The van der Waals surface area contributed by atoms with Crippen LogP contribution in [-0.2, 0) is 9.53 Å². The van der Waals surface area contributed by atoms with Crippen LogP contribution in [0.15, 0.2) is 16.0 Å². The number of nitrogens with zero attached hydrogens (tertiary/aromatic N) is 3. The summed E-state index contributed by atoms with van der Waals surface area (Å²) in [5.74, 6) is 0.211. The Morgan fingerprint density at radius 1 is 1.43 bits per heavy atom. The number of carbonyl (C=O) groups excluding carboxylic acids is 1. The highest BCUT2D eigenvalue weighted by atomic mass is 32.2. The number of H-pyrrole nitrogens is 1. The minimum atomic E-state index is -0.399. The third-order valence-electron chi connectivity index (χ3n) is 2.90. The predicted molar refractivity (Wildman–Crippen MR) is 79.6 cm³/mol. The second-order valence-electron chi connectivity index (χ2n) is 4.87. The Balaban J connectivity index is 2.41. The van der Waals surface area contributed by atoms with E-state index in [-0.39, 0.29) is 17.4 Å². The number of hydrogen-bond acceptors (Lipinski definition) is 6. The van der Waals surface area contributed by atoms with E-state index in [9.17, 15) is 9.59 Å². The molecule has 1 unspecified atom stereocenters. The molecule has 8 heteroatoms. The van der Waals surface area contributed by atoms with Gasteiger partial charge in [0, 0.05) is 11.8 Å². The lowest BCUT2D eigenvalue weighted by molar-refractivity contribution is -0.142. The van der Waals surface area contributed by atoms with Gasteiger partial charge >= 0.3 is 5.97 Å². The third-order valence-corrected chi connectivity index (χ3v) is 3.92. The molecule has 0 aromatic carbocycles. The van der Waals surface area contributed by atoms with Crippen molar-refractivity contribution in [1.29, 1.82) is 0 Å². The Bertz CT molecular complexity index is 707. The summed E-state index contributed by atoms with van der Waals surface area (Å²) in [6, 6.07) is 1.53. The van der Waals surface area contributed by atoms with Crippen LogP contribution in [0.25, 0.3) is 5.78 Å². The van der Waals surface area contributed by atoms with Gasteiger partial charge in [0.15, 0.2) is 5.16 Å². The molecule has 1 atom stereocenters. The molecule has 114 valence electrons. The van der Waals surface area contributed by atoms with E-state index in [1.54, 1.807) is 18.2 Å². The molecule has 0 saturated heterocycles. The maximum atomic E-state index is 11.7. The van der Waals surface area contributed by atoms with Crippen LogP contribution in [0.4, 0.5) is 0 Å². The lowest BCUT2D eigenvalue weighted by Crippen LogP contribution is -2.18. The zero-order valence-electron chi connectivity index (χ0n) is 12.4. The predicted octanol–water partition coefficient (Wildman–Crippen LogP) is 1.58. The average Bonchev–Trinajstić information content (AvgIpc) is 2.80. The Morgan fingerprint density at radius 2 is 2.14 bits per heavy atom. The van der Waals surface area contributed by atoms with Crippen molar-refractivity contribution in [3.05, 3.63) is 22.1 Å². The van der Waals surface area contributed by atoms with Gasteiger partial charge in [-0.3, -0.25) is 19.0 Å². The van der Waals surface area contributed by atoms with Crippen LogP contribution >= 0.6 is 11.8 Å². The second-order valence-corrected chi connectivity index (χ2v) is 6.17. The third kappa shape index (κ3) is 3.26. The molecule has 0 aliphatic rings. The Labute approximate surface area is 126 Å². The molecule has 0 saturated carbocycles. The van der Waals surface area contributed by atoms with Crippen molar-refractivity contribution in [3.8, 4) is 0 Å². The van der Waals surface area contributed by atoms with Gasteiger partial charge in [0.2, 0.25) is 5.78 Å². The molecule has 2 rings (SSSR count). The Kier molecular flexibility index (Phi) is 4.66. The zero-order chi connectivity index (χ0) is 15.6. The number of fused-ring (bicyclic) bond motifs is 1. The summed E-state index contributed by atoms with van der Waals surface area (Å²) in [6.45, 7) is 7.83. The van der Waals surface area contributed by atoms with Gasteiger partial charge in [-0.05, 0) is 19.8 Å².